The Morgan fingerprint density at radius 2 is 1.50 bits per heavy atom. The molecule has 34 heavy (non-hydrogen) atoms. The smallest absolute Gasteiger partial charge is 0.426 e. The maximum atomic E-state index is 14.6. The maximum Gasteiger partial charge on any atom is 0.458 e. The predicted molar refractivity (Wildman–Crippen MR) is 111 cm³/mol. The topological polar surface area (TPSA) is 26.3 Å². The van der Waals surface area contributed by atoms with Gasteiger partial charge < -0.3 is 4.74 Å². The van der Waals surface area contributed by atoms with Gasteiger partial charge in [-0.2, -0.15) is 13.2 Å². The van der Waals surface area contributed by atoms with Gasteiger partial charge in [-0.25, -0.2) is 17.6 Å². The van der Waals surface area contributed by atoms with E-state index >= 15 is 0 Å². The Balaban J connectivity index is 1.79. The Kier molecular flexibility index (Phi) is 7.90. The average Bonchev–Trinajstić information content (AvgIpc) is 2.72. The molecule has 0 saturated heterocycles. The van der Waals surface area contributed by atoms with Crippen molar-refractivity contribution in [2.75, 3.05) is 0 Å². The van der Waals surface area contributed by atoms with E-state index in [2.05, 4.69) is 6.92 Å². The zero-order chi connectivity index (χ0) is 25.0. The van der Waals surface area contributed by atoms with Crippen LogP contribution < -0.4 is 4.74 Å². The van der Waals surface area contributed by atoms with Gasteiger partial charge in [-0.3, -0.25) is 4.79 Å². The summed E-state index contributed by atoms with van der Waals surface area (Å²) < 4.78 is 99.3. The van der Waals surface area contributed by atoms with E-state index < -0.39 is 57.9 Å². The van der Waals surface area contributed by atoms with Gasteiger partial charge in [0.25, 0.3) is 0 Å². The Bertz CT molecular complexity index is 1070. The Morgan fingerprint density at radius 1 is 0.941 bits per heavy atom. The van der Waals surface area contributed by atoms with Crippen LogP contribution in [-0.4, -0.2) is 12.1 Å². The van der Waals surface area contributed by atoms with E-state index in [0.717, 1.165) is 31.6 Å². The SMILES string of the molecule is CCCC1CCC(C(=O)Oc2cc(F)c(-c3cc(F)c(C#CC(F)(F)F)c(F)c3)c(F)c2)CC1. The van der Waals surface area contributed by atoms with Crippen molar-refractivity contribution in [3.63, 3.8) is 0 Å². The summed E-state index contributed by atoms with van der Waals surface area (Å²) in [5.74, 6) is -4.32. The first-order valence-electron chi connectivity index (χ1n) is 10.8. The number of alkyl halides is 3. The number of carbonyl (C=O) groups is 1. The number of benzene rings is 2. The molecule has 1 saturated carbocycles. The fraction of sp³-hybridized carbons (Fsp3) is 0.400. The molecule has 1 fully saturated rings. The number of hydrogen-bond donors (Lipinski definition) is 0. The van der Waals surface area contributed by atoms with Crippen LogP contribution in [0.15, 0.2) is 24.3 Å². The molecule has 2 aromatic carbocycles. The highest BCUT2D eigenvalue weighted by Gasteiger charge is 2.28. The van der Waals surface area contributed by atoms with Crippen LogP contribution in [0.5, 0.6) is 5.75 Å². The molecule has 0 spiro atoms. The zero-order valence-corrected chi connectivity index (χ0v) is 18.2. The summed E-state index contributed by atoms with van der Waals surface area (Å²) in [6.45, 7) is 2.09. The van der Waals surface area contributed by atoms with Crippen molar-refractivity contribution in [2.45, 2.75) is 51.6 Å². The molecule has 0 aliphatic heterocycles. The standard InChI is InChI=1S/C25H21F7O2/c1-2-3-14-4-6-15(7-5-14)24(33)34-17-12-21(28)23(22(29)13-17)16-10-19(26)18(20(27)11-16)8-9-25(30,31)32/h10-15H,2-7H2,1H3. The van der Waals surface area contributed by atoms with E-state index in [0.29, 0.717) is 43.0 Å². The number of halogens is 7. The van der Waals surface area contributed by atoms with Crippen LogP contribution in [0.2, 0.25) is 0 Å². The van der Waals surface area contributed by atoms with Crippen molar-refractivity contribution in [1.29, 1.82) is 0 Å². The summed E-state index contributed by atoms with van der Waals surface area (Å²) in [7, 11) is 0. The predicted octanol–water partition coefficient (Wildman–Crippen LogP) is 7.34. The molecule has 0 atom stereocenters. The maximum absolute atomic E-state index is 14.6. The van der Waals surface area contributed by atoms with Crippen LogP contribution in [0.3, 0.4) is 0 Å². The van der Waals surface area contributed by atoms with Crippen LogP contribution in [0.4, 0.5) is 30.7 Å². The minimum absolute atomic E-state index is 0.382. The summed E-state index contributed by atoms with van der Waals surface area (Å²) >= 11 is 0. The third-order valence-electron chi connectivity index (χ3n) is 5.77. The quantitative estimate of drug-likeness (QED) is 0.191. The fourth-order valence-corrected chi connectivity index (χ4v) is 4.15. The van der Waals surface area contributed by atoms with Crippen LogP contribution in [0.25, 0.3) is 11.1 Å². The molecule has 182 valence electrons. The van der Waals surface area contributed by atoms with Gasteiger partial charge in [-0.1, -0.05) is 25.7 Å². The van der Waals surface area contributed by atoms with Gasteiger partial charge >= 0.3 is 12.1 Å². The van der Waals surface area contributed by atoms with E-state index in [9.17, 15) is 35.5 Å². The highest BCUT2D eigenvalue weighted by molar-refractivity contribution is 5.76. The van der Waals surface area contributed by atoms with E-state index in [1.807, 2.05) is 0 Å². The van der Waals surface area contributed by atoms with Gasteiger partial charge in [-0.15, -0.1) is 0 Å². The van der Waals surface area contributed by atoms with Gasteiger partial charge in [0.2, 0.25) is 0 Å². The Morgan fingerprint density at radius 3 is 2.00 bits per heavy atom. The van der Waals surface area contributed by atoms with Crippen molar-refractivity contribution in [2.24, 2.45) is 11.8 Å². The highest BCUT2D eigenvalue weighted by atomic mass is 19.4. The molecule has 0 unspecified atom stereocenters. The average molecular weight is 486 g/mol. The number of esters is 1. The number of hydrogen-bond acceptors (Lipinski definition) is 2. The monoisotopic (exact) mass is 486 g/mol. The molecule has 0 N–H and O–H groups in total. The molecule has 0 aromatic heterocycles. The van der Waals surface area contributed by atoms with Crippen molar-refractivity contribution in [3.05, 3.63) is 53.1 Å². The van der Waals surface area contributed by atoms with Crippen molar-refractivity contribution < 1.29 is 40.3 Å². The molecular formula is C25H21F7O2. The minimum Gasteiger partial charge on any atom is -0.426 e. The van der Waals surface area contributed by atoms with Crippen molar-refractivity contribution in [3.8, 4) is 28.7 Å². The summed E-state index contributed by atoms with van der Waals surface area (Å²) in [6, 6.07) is 2.38. The molecule has 9 heteroatoms. The summed E-state index contributed by atoms with van der Waals surface area (Å²) in [5, 5.41) is 0. The second-order valence-corrected chi connectivity index (χ2v) is 8.25. The van der Waals surface area contributed by atoms with Gasteiger partial charge in [-0.05, 0) is 49.3 Å². The first-order valence-corrected chi connectivity index (χ1v) is 10.8. The highest BCUT2D eigenvalue weighted by Crippen LogP contribution is 2.35. The van der Waals surface area contributed by atoms with E-state index in [1.54, 1.807) is 0 Å². The second-order valence-electron chi connectivity index (χ2n) is 8.25. The van der Waals surface area contributed by atoms with Crippen LogP contribution >= 0.6 is 0 Å². The molecular weight excluding hydrogens is 465 g/mol. The molecule has 3 rings (SSSR count). The van der Waals surface area contributed by atoms with Crippen LogP contribution in [0, 0.1) is 46.9 Å². The molecule has 0 bridgehead atoms. The first kappa shape index (κ1) is 25.6. The Labute approximate surface area is 192 Å². The third-order valence-corrected chi connectivity index (χ3v) is 5.77. The lowest BCUT2D eigenvalue weighted by Crippen LogP contribution is -2.25. The van der Waals surface area contributed by atoms with Crippen molar-refractivity contribution in [1.82, 2.24) is 0 Å². The lowest BCUT2D eigenvalue weighted by Gasteiger charge is -2.26. The van der Waals surface area contributed by atoms with Gasteiger partial charge in [0.15, 0.2) is 0 Å². The minimum atomic E-state index is -4.97. The second kappa shape index (κ2) is 10.5. The number of carbonyl (C=O) groups excluding carboxylic acids is 1. The third kappa shape index (κ3) is 6.31. The largest absolute Gasteiger partial charge is 0.458 e. The Hall–Kier alpha value is -3.02. The first-order chi connectivity index (χ1) is 16.0. The normalized spacial score (nSPS) is 18.2. The molecule has 2 nitrogen and oxygen atoms in total. The molecule has 1 aliphatic carbocycles. The summed E-state index contributed by atoms with van der Waals surface area (Å²) in [5.41, 5.74) is -2.59. The van der Waals surface area contributed by atoms with Crippen LogP contribution in [0.1, 0.15) is 51.0 Å². The van der Waals surface area contributed by atoms with Crippen LogP contribution in [-0.2, 0) is 4.79 Å². The summed E-state index contributed by atoms with van der Waals surface area (Å²) in [6.07, 6.45) is 0.144. The number of rotatable bonds is 5. The molecule has 2 aromatic rings. The number of ether oxygens (including phenoxy) is 1. The summed E-state index contributed by atoms with van der Waals surface area (Å²) in [4.78, 5) is 12.4. The van der Waals surface area contributed by atoms with Gasteiger partial charge in [0, 0.05) is 18.1 Å². The lowest BCUT2D eigenvalue weighted by molar-refractivity contribution is -0.140. The van der Waals surface area contributed by atoms with Gasteiger partial charge in [0.05, 0.1) is 17.0 Å². The molecule has 1 aliphatic rings. The van der Waals surface area contributed by atoms with Crippen molar-refractivity contribution >= 4 is 5.97 Å². The lowest BCUT2D eigenvalue weighted by atomic mass is 9.80. The zero-order valence-electron chi connectivity index (χ0n) is 18.2. The molecule has 0 heterocycles. The molecule has 0 amide bonds. The molecule has 0 radical (unpaired) electrons. The van der Waals surface area contributed by atoms with E-state index in [-0.39, 0.29) is 5.92 Å². The van der Waals surface area contributed by atoms with E-state index in [4.69, 9.17) is 4.74 Å². The van der Waals surface area contributed by atoms with Gasteiger partial charge in [0.1, 0.15) is 29.0 Å². The fourth-order valence-electron chi connectivity index (χ4n) is 4.15. The van der Waals surface area contributed by atoms with E-state index in [1.165, 1.54) is 5.92 Å².